The minimum absolute atomic E-state index is 0.213. The largest absolute Gasteiger partial charge is 0.379 e. The first-order chi connectivity index (χ1) is 8.23. The first kappa shape index (κ1) is 11.8. The summed E-state index contributed by atoms with van der Waals surface area (Å²) in [6.07, 6.45) is -0.627. The van der Waals surface area contributed by atoms with Crippen molar-refractivity contribution in [3.63, 3.8) is 0 Å². The van der Waals surface area contributed by atoms with Crippen LogP contribution in [0.5, 0.6) is 0 Å². The number of hydrogen-bond donors (Lipinski definition) is 2. The number of aliphatic hydroxyl groups excluding tert-OH is 1. The van der Waals surface area contributed by atoms with Gasteiger partial charge in [0.1, 0.15) is 6.23 Å². The summed E-state index contributed by atoms with van der Waals surface area (Å²) < 4.78 is 5.53. The lowest BCUT2D eigenvalue weighted by Crippen LogP contribution is -2.27. The smallest absolute Gasteiger partial charge is 0.324 e. The van der Waals surface area contributed by atoms with Gasteiger partial charge < -0.3 is 15.6 Å². The molecule has 0 aliphatic carbocycles. The topological polar surface area (TPSA) is 105 Å². The lowest BCUT2D eigenvalue weighted by Gasteiger charge is -2.20. The minimum atomic E-state index is -1.23. The van der Waals surface area contributed by atoms with Gasteiger partial charge in [0, 0.05) is 12.0 Å². The van der Waals surface area contributed by atoms with E-state index >= 15 is 0 Å². The van der Waals surface area contributed by atoms with Crippen LogP contribution in [0.1, 0.15) is 12.0 Å². The quantitative estimate of drug-likeness (QED) is 0.751. The molecular formula is C10H13N5O2. The van der Waals surface area contributed by atoms with Crippen LogP contribution in [0.3, 0.4) is 0 Å². The molecule has 1 aliphatic rings. The summed E-state index contributed by atoms with van der Waals surface area (Å²) in [7, 11) is 0. The van der Waals surface area contributed by atoms with Crippen LogP contribution in [0, 0.1) is 0 Å². The first-order valence-corrected chi connectivity index (χ1v) is 5.20. The van der Waals surface area contributed by atoms with Gasteiger partial charge in [0.05, 0.1) is 6.61 Å². The van der Waals surface area contributed by atoms with Crippen LogP contribution < -0.4 is 5.73 Å². The van der Waals surface area contributed by atoms with Crippen molar-refractivity contribution in [2.45, 2.75) is 18.5 Å². The average Bonchev–Trinajstić information content (AvgIpc) is 2.80. The Morgan fingerprint density at radius 2 is 1.88 bits per heavy atom. The predicted molar refractivity (Wildman–Crippen MR) is 58.6 cm³/mol. The first-order valence-electron chi connectivity index (χ1n) is 5.20. The van der Waals surface area contributed by atoms with E-state index in [2.05, 4.69) is 20.7 Å². The second-order valence-electron chi connectivity index (χ2n) is 3.56. The normalized spacial score (nSPS) is 18.5. The summed E-state index contributed by atoms with van der Waals surface area (Å²) in [5.41, 5.74) is 5.96. The van der Waals surface area contributed by atoms with E-state index < -0.39 is 12.1 Å². The van der Waals surface area contributed by atoms with Gasteiger partial charge >= 0.3 is 5.85 Å². The molecule has 0 fully saturated rings. The number of benzene rings is 1. The van der Waals surface area contributed by atoms with E-state index in [4.69, 9.17) is 15.6 Å². The van der Waals surface area contributed by atoms with Crippen LogP contribution in [0.25, 0.3) is 0 Å². The highest BCUT2D eigenvalue weighted by molar-refractivity contribution is 5.21. The van der Waals surface area contributed by atoms with E-state index in [1.54, 1.807) is 0 Å². The van der Waals surface area contributed by atoms with Crippen LogP contribution in [0.2, 0.25) is 0 Å². The minimum Gasteiger partial charge on any atom is -0.379 e. The highest BCUT2D eigenvalue weighted by Gasteiger charge is 2.36. The van der Waals surface area contributed by atoms with Crippen molar-refractivity contribution in [2.75, 3.05) is 6.61 Å². The molecule has 17 heavy (non-hydrogen) atoms. The van der Waals surface area contributed by atoms with E-state index in [1.807, 2.05) is 30.3 Å². The van der Waals surface area contributed by atoms with Crippen LogP contribution in [-0.4, -0.2) is 17.9 Å². The van der Waals surface area contributed by atoms with Gasteiger partial charge in [-0.2, -0.15) is 0 Å². The van der Waals surface area contributed by atoms with Crippen LogP contribution in [0.15, 0.2) is 51.0 Å². The molecule has 7 heteroatoms. The summed E-state index contributed by atoms with van der Waals surface area (Å²) in [4.78, 5) is 0. The number of ether oxygens (including phenoxy) is 1. The second-order valence-corrected chi connectivity index (χ2v) is 3.56. The van der Waals surface area contributed by atoms with Crippen molar-refractivity contribution >= 4 is 0 Å². The highest BCUT2D eigenvalue weighted by atomic mass is 16.5. The van der Waals surface area contributed by atoms with Crippen LogP contribution >= 0.6 is 0 Å². The third-order valence-electron chi connectivity index (χ3n) is 2.27. The molecule has 1 aromatic carbocycles. The molecule has 0 saturated carbocycles. The monoisotopic (exact) mass is 235 g/mol. The summed E-state index contributed by atoms with van der Waals surface area (Å²) in [6, 6.07) is 9.22. The summed E-state index contributed by atoms with van der Waals surface area (Å²) in [5.74, 6) is -1.23. The molecule has 7 nitrogen and oxygen atoms in total. The van der Waals surface area contributed by atoms with Gasteiger partial charge in [-0.1, -0.05) is 30.3 Å². The maximum absolute atomic E-state index is 8.97. The Balaban J connectivity index is 2.12. The van der Waals surface area contributed by atoms with Crippen molar-refractivity contribution in [3.8, 4) is 0 Å². The molecule has 1 atom stereocenters. The molecule has 1 heterocycles. The van der Waals surface area contributed by atoms with Gasteiger partial charge in [-0.15, -0.1) is 10.2 Å². The van der Waals surface area contributed by atoms with Crippen LogP contribution in [0.4, 0.5) is 0 Å². The predicted octanol–water partition coefficient (Wildman–Crippen LogP) is 1.31. The van der Waals surface area contributed by atoms with Gasteiger partial charge in [0.15, 0.2) is 0 Å². The van der Waals surface area contributed by atoms with Gasteiger partial charge in [-0.25, -0.2) is 0 Å². The van der Waals surface area contributed by atoms with Crippen molar-refractivity contribution in [1.29, 1.82) is 0 Å². The van der Waals surface area contributed by atoms with Crippen molar-refractivity contribution in [1.82, 2.24) is 0 Å². The molecule has 0 spiro atoms. The molecule has 3 N–H and O–H groups in total. The third-order valence-corrected chi connectivity index (χ3v) is 2.27. The Bertz CT molecular complexity index is 406. The standard InChI is InChI=1S/C10H13N5O2/c11-9(16)6-7-17-10(12-14-15-13-10)8-4-2-1-3-5-8/h1-5,9,16H,6-7,11H2. The van der Waals surface area contributed by atoms with Crippen molar-refractivity contribution < 1.29 is 9.84 Å². The highest BCUT2D eigenvalue weighted by Crippen LogP contribution is 2.33. The Kier molecular flexibility index (Phi) is 3.52. The summed E-state index contributed by atoms with van der Waals surface area (Å²) >= 11 is 0. The van der Waals surface area contributed by atoms with Crippen LogP contribution in [-0.2, 0) is 10.6 Å². The number of rotatable bonds is 5. The van der Waals surface area contributed by atoms with Crippen molar-refractivity contribution in [3.05, 3.63) is 35.9 Å². The van der Waals surface area contributed by atoms with Gasteiger partial charge in [0.25, 0.3) is 0 Å². The zero-order valence-corrected chi connectivity index (χ0v) is 9.10. The maximum atomic E-state index is 8.97. The molecule has 0 radical (unpaired) electrons. The van der Waals surface area contributed by atoms with Crippen molar-refractivity contribution in [2.24, 2.45) is 26.4 Å². The molecule has 1 unspecified atom stereocenters. The zero-order valence-electron chi connectivity index (χ0n) is 9.10. The van der Waals surface area contributed by atoms with E-state index in [-0.39, 0.29) is 6.61 Å². The number of nitrogens with two attached hydrogens (primary N) is 1. The number of nitrogens with zero attached hydrogens (tertiary/aromatic N) is 4. The summed E-state index contributed by atoms with van der Waals surface area (Å²) in [5, 5.41) is 23.7. The molecular weight excluding hydrogens is 222 g/mol. The van der Waals surface area contributed by atoms with Gasteiger partial charge in [0.2, 0.25) is 0 Å². The molecule has 1 aliphatic heterocycles. The average molecular weight is 235 g/mol. The second kappa shape index (κ2) is 5.09. The molecule has 2 rings (SSSR count). The van der Waals surface area contributed by atoms with E-state index in [1.165, 1.54) is 0 Å². The fourth-order valence-electron chi connectivity index (χ4n) is 1.42. The molecule has 1 aromatic rings. The van der Waals surface area contributed by atoms with E-state index in [0.717, 1.165) is 5.56 Å². The molecule has 0 bridgehead atoms. The number of hydrogen-bond acceptors (Lipinski definition) is 7. The van der Waals surface area contributed by atoms with Gasteiger partial charge in [-0.05, 0) is 10.4 Å². The molecule has 0 aromatic heterocycles. The molecule has 90 valence electrons. The fourth-order valence-corrected chi connectivity index (χ4v) is 1.42. The lowest BCUT2D eigenvalue weighted by atomic mass is 10.1. The maximum Gasteiger partial charge on any atom is 0.324 e. The Labute approximate surface area is 98.0 Å². The molecule has 0 saturated heterocycles. The lowest BCUT2D eigenvalue weighted by molar-refractivity contribution is -0.0508. The van der Waals surface area contributed by atoms with E-state index in [0.29, 0.717) is 6.42 Å². The number of aliphatic hydroxyl groups is 1. The summed E-state index contributed by atoms with van der Waals surface area (Å²) in [6.45, 7) is 0.213. The Hall–Kier alpha value is -1.70. The van der Waals surface area contributed by atoms with E-state index in [9.17, 15) is 0 Å². The zero-order chi connectivity index (χ0) is 12.1. The Morgan fingerprint density at radius 3 is 2.47 bits per heavy atom. The fraction of sp³-hybridized carbons (Fsp3) is 0.400. The third kappa shape index (κ3) is 2.70. The Morgan fingerprint density at radius 1 is 1.24 bits per heavy atom. The SMILES string of the molecule is NC(O)CCOC1(c2ccccc2)N=NN=N1. The molecule has 0 amide bonds. The van der Waals surface area contributed by atoms with Gasteiger partial charge in [-0.3, -0.25) is 0 Å².